The van der Waals surface area contributed by atoms with E-state index in [0.29, 0.717) is 44.9 Å². The van der Waals surface area contributed by atoms with Gasteiger partial charge in [-0.15, -0.1) is 0 Å². The van der Waals surface area contributed by atoms with Gasteiger partial charge in [0, 0.05) is 21.2 Å². The first-order valence-electron chi connectivity index (χ1n) is 9.48. The van der Waals surface area contributed by atoms with Crippen molar-refractivity contribution in [3.05, 3.63) is 0 Å². The molecule has 0 bridgehead atoms. The van der Waals surface area contributed by atoms with Gasteiger partial charge in [-0.3, -0.25) is 4.79 Å². The molecule has 0 aliphatic heterocycles. The standard InChI is InChI=1S/C17H35NO4.C2H6.H2/c1-6-7-8-20-13-17(19)18-16(11-21-9-14(2)3)12-22-10-15(4)5;1-2;/h14-16H,6-13H2,1-5H3,(H,18,19);1-2H3;1H. The largest absolute Gasteiger partial charge is 0.379 e. The van der Waals surface area contributed by atoms with E-state index in [1.807, 2.05) is 13.8 Å². The van der Waals surface area contributed by atoms with E-state index in [1.165, 1.54) is 0 Å². The number of rotatable bonds is 14. The number of hydrogen-bond donors (Lipinski definition) is 1. The monoisotopic (exact) mass is 349 g/mol. The number of carbonyl (C=O) groups excluding carboxylic acids is 1. The van der Waals surface area contributed by atoms with Crippen LogP contribution in [0, 0.1) is 11.8 Å². The second kappa shape index (κ2) is 18.7. The van der Waals surface area contributed by atoms with Gasteiger partial charge < -0.3 is 19.5 Å². The summed E-state index contributed by atoms with van der Waals surface area (Å²) in [5.74, 6) is 0.845. The van der Waals surface area contributed by atoms with E-state index < -0.39 is 0 Å². The van der Waals surface area contributed by atoms with E-state index >= 15 is 0 Å². The van der Waals surface area contributed by atoms with Crippen molar-refractivity contribution in [1.29, 1.82) is 0 Å². The smallest absolute Gasteiger partial charge is 0.246 e. The average molecular weight is 350 g/mol. The van der Waals surface area contributed by atoms with Crippen LogP contribution in [0.2, 0.25) is 0 Å². The highest BCUT2D eigenvalue weighted by Gasteiger charge is 2.14. The van der Waals surface area contributed by atoms with Crippen LogP contribution in [-0.2, 0) is 19.0 Å². The van der Waals surface area contributed by atoms with Gasteiger partial charge in [0.05, 0.1) is 19.3 Å². The molecule has 5 heteroatoms. The lowest BCUT2D eigenvalue weighted by Gasteiger charge is -2.20. The van der Waals surface area contributed by atoms with Crippen molar-refractivity contribution in [1.82, 2.24) is 5.32 Å². The van der Waals surface area contributed by atoms with Crippen LogP contribution in [0.4, 0.5) is 0 Å². The lowest BCUT2D eigenvalue weighted by atomic mass is 10.2. The molecule has 0 fully saturated rings. The Labute approximate surface area is 151 Å². The highest BCUT2D eigenvalue weighted by atomic mass is 16.5. The van der Waals surface area contributed by atoms with Crippen molar-refractivity contribution in [3.63, 3.8) is 0 Å². The number of nitrogens with one attached hydrogen (secondary N) is 1. The van der Waals surface area contributed by atoms with Crippen molar-refractivity contribution in [3.8, 4) is 0 Å². The second-order valence-corrected chi connectivity index (χ2v) is 6.53. The molecule has 0 aromatic rings. The van der Waals surface area contributed by atoms with E-state index in [9.17, 15) is 4.79 Å². The first-order valence-corrected chi connectivity index (χ1v) is 9.48. The summed E-state index contributed by atoms with van der Waals surface area (Å²) in [4.78, 5) is 11.9. The van der Waals surface area contributed by atoms with Crippen LogP contribution in [0.25, 0.3) is 0 Å². The lowest BCUT2D eigenvalue weighted by molar-refractivity contribution is -0.127. The fourth-order valence-electron chi connectivity index (χ4n) is 1.70. The van der Waals surface area contributed by atoms with Crippen molar-refractivity contribution in [2.24, 2.45) is 11.8 Å². The van der Waals surface area contributed by atoms with E-state index in [-0.39, 0.29) is 20.0 Å². The Hall–Kier alpha value is -0.650. The van der Waals surface area contributed by atoms with Gasteiger partial charge >= 0.3 is 0 Å². The van der Waals surface area contributed by atoms with Crippen LogP contribution in [-0.4, -0.2) is 51.6 Å². The van der Waals surface area contributed by atoms with Crippen molar-refractivity contribution in [2.45, 2.75) is 67.3 Å². The van der Waals surface area contributed by atoms with Crippen LogP contribution in [0.5, 0.6) is 0 Å². The molecule has 0 unspecified atom stereocenters. The highest BCUT2D eigenvalue weighted by molar-refractivity contribution is 5.77. The topological polar surface area (TPSA) is 56.8 Å². The molecule has 0 rings (SSSR count). The molecule has 0 aliphatic rings. The summed E-state index contributed by atoms with van der Waals surface area (Å²) in [5, 5.41) is 2.93. The predicted octanol–water partition coefficient (Wildman–Crippen LogP) is 3.91. The zero-order chi connectivity index (χ0) is 18.8. The average Bonchev–Trinajstić information content (AvgIpc) is 2.52. The lowest BCUT2D eigenvalue weighted by Crippen LogP contribution is -2.43. The summed E-state index contributed by atoms with van der Waals surface area (Å²) < 4.78 is 16.6. The summed E-state index contributed by atoms with van der Waals surface area (Å²) >= 11 is 0. The fourth-order valence-corrected chi connectivity index (χ4v) is 1.70. The first-order chi connectivity index (χ1) is 11.5. The molecular formula is C19H43NO4. The number of carbonyl (C=O) groups is 1. The SMILES string of the molecule is CC.CCCCOCC(=O)NC(COCC(C)C)COCC(C)C.[HH]. The second-order valence-electron chi connectivity index (χ2n) is 6.53. The van der Waals surface area contributed by atoms with Crippen LogP contribution in [0.1, 0.15) is 62.7 Å². The maximum Gasteiger partial charge on any atom is 0.246 e. The maximum atomic E-state index is 11.9. The molecule has 0 saturated heterocycles. The summed E-state index contributed by atoms with van der Waals surface area (Å²) in [5.41, 5.74) is 0. The number of hydrogen-bond acceptors (Lipinski definition) is 4. The Kier molecular flexibility index (Phi) is 19.9. The molecule has 0 atom stereocenters. The van der Waals surface area contributed by atoms with Crippen molar-refractivity contribution < 1.29 is 20.4 Å². The summed E-state index contributed by atoms with van der Waals surface area (Å²) in [7, 11) is 0. The van der Waals surface area contributed by atoms with Gasteiger partial charge in [0.2, 0.25) is 5.91 Å². The third-order valence-electron chi connectivity index (χ3n) is 2.78. The van der Waals surface area contributed by atoms with Crippen molar-refractivity contribution >= 4 is 5.91 Å². The van der Waals surface area contributed by atoms with Gasteiger partial charge in [0.1, 0.15) is 6.61 Å². The normalized spacial score (nSPS) is 10.9. The molecule has 5 nitrogen and oxygen atoms in total. The molecule has 0 spiro atoms. The number of amides is 1. The number of ether oxygens (including phenoxy) is 3. The van der Waals surface area contributed by atoms with E-state index in [2.05, 4.69) is 39.9 Å². The molecule has 0 radical (unpaired) electrons. The Morgan fingerprint density at radius 2 is 1.42 bits per heavy atom. The molecule has 1 N–H and O–H groups in total. The minimum Gasteiger partial charge on any atom is -0.379 e. The van der Waals surface area contributed by atoms with Gasteiger partial charge in [-0.2, -0.15) is 0 Å². The van der Waals surface area contributed by atoms with Gasteiger partial charge in [0.25, 0.3) is 0 Å². The highest BCUT2D eigenvalue weighted by Crippen LogP contribution is 1.98. The third-order valence-corrected chi connectivity index (χ3v) is 2.78. The Bertz CT molecular complexity index is 262. The van der Waals surface area contributed by atoms with Gasteiger partial charge in [-0.25, -0.2) is 0 Å². The molecule has 0 heterocycles. The molecule has 0 aromatic carbocycles. The van der Waals surface area contributed by atoms with Crippen LogP contribution in [0.15, 0.2) is 0 Å². The minimum atomic E-state index is -0.125. The van der Waals surface area contributed by atoms with E-state index in [0.717, 1.165) is 12.8 Å². The minimum absolute atomic E-state index is 0. The van der Waals surface area contributed by atoms with E-state index in [1.54, 1.807) is 0 Å². The fraction of sp³-hybridized carbons (Fsp3) is 0.947. The summed E-state index contributed by atoms with van der Waals surface area (Å²) in [6, 6.07) is -0.125. The predicted molar refractivity (Wildman–Crippen MR) is 102 cm³/mol. The molecule has 0 aliphatic carbocycles. The zero-order valence-corrected chi connectivity index (χ0v) is 17.0. The molecule has 0 aromatic heterocycles. The Morgan fingerprint density at radius 1 is 0.917 bits per heavy atom. The first kappa shape index (κ1) is 25.6. The van der Waals surface area contributed by atoms with Crippen molar-refractivity contribution in [2.75, 3.05) is 39.6 Å². The van der Waals surface area contributed by atoms with E-state index in [4.69, 9.17) is 14.2 Å². The molecule has 148 valence electrons. The Morgan fingerprint density at radius 3 is 1.83 bits per heavy atom. The Balaban J connectivity index is -0.00000155. The molecule has 1 amide bonds. The number of unbranched alkanes of at least 4 members (excludes halogenated alkanes) is 1. The maximum absolute atomic E-state index is 11.9. The van der Waals surface area contributed by atoms with Crippen LogP contribution in [0.3, 0.4) is 0 Å². The van der Waals surface area contributed by atoms with Crippen LogP contribution < -0.4 is 5.32 Å². The molecule has 24 heavy (non-hydrogen) atoms. The molecule has 0 saturated carbocycles. The summed E-state index contributed by atoms with van der Waals surface area (Å²) in [6.45, 7) is 17.5. The van der Waals surface area contributed by atoms with Gasteiger partial charge in [-0.05, 0) is 18.3 Å². The molecular weight excluding hydrogens is 306 g/mol. The van der Waals surface area contributed by atoms with Gasteiger partial charge in [0.15, 0.2) is 0 Å². The summed E-state index contributed by atoms with van der Waals surface area (Å²) in [6.07, 6.45) is 2.04. The third kappa shape index (κ3) is 19.4. The zero-order valence-electron chi connectivity index (χ0n) is 17.0. The van der Waals surface area contributed by atoms with Crippen LogP contribution >= 0.6 is 0 Å². The quantitative estimate of drug-likeness (QED) is 0.483. The van der Waals surface area contributed by atoms with Gasteiger partial charge in [-0.1, -0.05) is 54.9 Å².